The Morgan fingerprint density at radius 2 is 2.22 bits per heavy atom. The van der Waals surface area contributed by atoms with Gasteiger partial charge in [-0.05, 0) is 24.3 Å². The smallest absolute Gasteiger partial charge is 0.227 e. The van der Waals surface area contributed by atoms with Crippen LogP contribution in [0.4, 0.5) is 5.69 Å². The summed E-state index contributed by atoms with van der Waals surface area (Å²) in [6.45, 7) is 4.53. The molecule has 3 nitrogen and oxygen atoms in total. The number of carbonyl (C=O) groups is 1. The Bertz CT molecular complexity index is 626. The van der Waals surface area contributed by atoms with E-state index in [1.807, 2.05) is 30.3 Å². The number of amides is 1. The van der Waals surface area contributed by atoms with E-state index >= 15 is 0 Å². The molecule has 1 aromatic carbocycles. The predicted molar refractivity (Wildman–Crippen MR) is 73.6 cm³/mol. The molecule has 0 N–H and O–H groups in total. The Morgan fingerprint density at radius 3 is 2.94 bits per heavy atom. The van der Waals surface area contributed by atoms with Gasteiger partial charge in [0.1, 0.15) is 0 Å². The normalized spacial score (nSPS) is 19.7. The average molecular weight is 240 g/mol. The summed E-state index contributed by atoms with van der Waals surface area (Å²) >= 11 is 0. The van der Waals surface area contributed by atoms with Crippen molar-refractivity contribution in [1.82, 2.24) is 4.57 Å². The zero-order valence-electron chi connectivity index (χ0n) is 10.5. The van der Waals surface area contributed by atoms with Gasteiger partial charge in [-0.3, -0.25) is 4.79 Å². The fraction of sp³-hybridized carbons (Fsp3) is 0.267. The first-order valence-electron chi connectivity index (χ1n) is 6.17. The standard InChI is InChI=1S/C15H16N2O/c1-3-11-8-15(18)17(10-11)13-4-5-14-12(9-13)6-7-16(14)2/h3-7,9,11H,1,8,10H2,2H3. The predicted octanol–water partition coefficient (Wildman–Crippen LogP) is 2.72. The lowest BCUT2D eigenvalue weighted by Gasteiger charge is -2.16. The molecule has 1 aliphatic heterocycles. The zero-order chi connectivity index (χ0) is 12.7. The van der Waals surface area contributed by atoms with Gasteiger partial charge in [0.2, 0.25) is 5.91 Å². The largest absolute Gasteiger partial charge is 0.351 e. The zero-order valence-corrected chi connectivity index (χ0v) is 10.5. The molecular weight excluding hydrogens is 224 g/mol. The second-order valence-corrected chi connectivity index (χ2v) is 4.87. The fourth-order valence-electron chi connectivity index (χ4n) is 2.58. The molecule has 92 valence electrons. The Labute approximate surface area is 106 Å². The molecule has 1 fully saturated rings. The number of hydrogen-bond acceptors (Lipinski definition) is 1. The van der Waals surface area contributed by atoms with E-state index in [0.29, 0.717) is 6.42 Å². The highest BCUT2D eigenvalue weighted by Gasteiger charge is 2.28. The minimum Gasteiger partial charge on any atom is -0.351 e. The average Bonchev–Trinajstić information content (AvgIpc) is 2.93. The molecule has 2 heterocycles. The van der Waals surface area contributed by atoms with Crippen molar-refractivity contribution in [3.8, 4) is 0 Å². The molecule has 1 atom stereocenters. The lowest BCUT2D eigenvalue weighted by atomic mass is 10.1. The summed E-state index contributed by atoms with van der Waals surface area (Å²) in [6.07, 6.45) is 4.49. The third-order valence-electron chi connectivity index (χ3n) is 3.67. The van der Waals surface area contributed by atoms with Gasteiger partial charge in [0, 0.05) is 48.7 Å². The summed E-state index contributed by atoms with van der Waals surface area (Å²) in [5.74, 6) is 0.471. The van der Waals surface area contributed by atoms with E-state index in [-0.39, 0.29) is 11.8 Å². The van der Waals surface area contributed by atoms with Crippen molar-refractivity contribution in [2.75, 3.05) is 11.4 Å². The van der Waals surface area contributed by atoms with Gasteiger partial charge in [-0.2, -0.15) is 0 Å². The number of rotatable bonds is 2. The van der Waals surface area contributed by atoms with Crippen LogP contribution in [0.5, 0.6) is 0 Å². The topological polar surface area (TPSA) is 25.2 Å². The molecule has 1 aromatic heterocycles. The Hall–Kier alpha value is -2.03. The number of benzene rings is 1. The molecular formula is C15H16N2O. The Morgan fingerprint density at radius 1 is 1.39 bits per heavy atom. The van der Waals surface area contributed by atoms with E-state index in [1.54, 1.807) is 0 Å². The number of anilines is 1. The first-order valence-corrected chi connectivity index (χ1v) is 6.17. The Kier molecular flexibility index (Phi) is 2.47. The molecule has 0 radical (unpaired) electrons. The van der Waals surface area contributed by atoms with Crippen LogP contribution in [0.2, 0.25) is 0 Å². The summed E-state index contributed by atoms with van der Waals surface area (Å²) in [5.41, 5.74) is 2.17. The number of hydrogen-bond donors (Lipinski definition) is 0. The van der Waals surface area contributed by atoms with Gasteiger partial charge in [-0.15, -0.1) is 6.58 Å². The van der Waals surface area contributed by atoms with Crippen LogP contribution in [0.15, 0.2) is 43.1 Å². The molecule has 1 unspecified atom stereocenters. The van der Waals surface area contributed by atoms with Gasteiger partial charge in [0.15, 0.2) is 0 Å². The minimum atomic E-state index is 0.190. The number of carbonyl (C=O) groups excluding carboxylic acids is 1. The number of aromatic nitrogens is 1. The van der Waals surface area contributed by atoms with Crippen LogP contribution in [-0.4, -0.2) is 17.0 Å². The van der Waals surface area contributed by atoms with E-state index in [1.165, 1.54) is 10.9 Å². The van der Waals surface area contributed by atoms with E-state index in [4.69, 9.17) is 0 Å². The van der Waals surface area contributed by atoms with Crippen molar-refractivity contribution in [2.24, 2.45) is 13.0 Å². The van der Waals surface area contributed by atoms with Crippen LogP contribution in [-0.2, 0) is 11.8 Å². The maximum Gasteiger partial charge on any atom is 0.227 e. The van der Waals surface area contributed by atoms with E-state index in [9.17, 15) is 4.79 Å². The van der Waals surface area contributed by atoms with Crippen molar-refractivity contribution in [3.05, 3.63) is 43.1 Å². The van der Waals surface area contributed by atoms with Crippen molar-refractivity contribution in [2.45, 2.75) is 6.42 Å². The maximum absolute atomic E-state index is 12.0. The van der Waals surface area contributed by atoms with Crippen molar-refractivity contribution in [3.63, 3.8) is 0 Å². The van der Waals surface area contributed by atoms with Crippen LogP contribution in [0.1, 0.15) is 6.42 Å². The van der Waals surface area contributed by atoms with E-state index in [0.717, 1.165) is 12.2 Å². The van der Waals surface area contributed by atoms with Crippen LogP contribution >= 0.6 is 0 Å². The van der Waals surface area contributed by atoms with Gasteiger partial charge >= 0.3 is 0 Å². The number of fused-ring (bicyclic) bond motifs is 1. The summed E-state index contributed by atoms with van der Waals surface area (Å²) in [6, 6.07) is 8.24. The lowest BCUT2D eigenvalue weighted by molar-refractivity contribution is -0.117. The third-order valence-corrected chi connectivity index (χ3v) is 3.67. The number of aryl methyl sites for hydroxylation is 1. The summed E-state index contributed by atoms with van der Waals surface area (Å²) in [7, 11) is 2.02. The molecule has 1 aliphatic rings. The molecule has 1 saturated heterocycles. The minimum absolute atomic E-state index is 0.190. The second-order valence-electron chi connectivity index (χ2n) is 4.87. The lowest BCUT2D eigenvalue weighted by Crippen LogP contribution is -2.24. The highest BCUT2D eigenvalue weighted by atomic mass is 16.2. The SMILES string of the molecule is C=CC1CC(=O)N(c2ccc3c(ccn3C)c2)C1. The van der Waals surface area contributed by atoms with Crippen LogP contribution in [0.25, 0.3) is 10.9 Å². The molecule has 2 aromatic rings. The van der Waals surface area contributed by atoms with Gasteiger partial charge in [0.25, 0.3) is 0 Å². The molecule has 1 amide bonds. The van der Waals surface area contributed by atoms with E-state index in [2.05, 4.69) is 29.3 Å². The fourth-order valence-corrected chi connectivity index (χ4v) is 2.58. The van der Waals surface area contributed by atoms with Crippen molar-refractivity contribution < 1.29 is 4.79 Å². The monoisotopic (exact) mass is 240 g/mol. The third kappa shape index (κ3) is 1.63. The highest BCUT2D eigenvalue weighted by Crippen LogP contribution is 2.28. The van der Waals surface area contributed by atoms with Crippen molar-refractivity contribution in [1.29, 1.82) is 0 Å². The van der Waals surface area contributed by atoms with Gasteiger partial charge in [0.05, 0.1) is 0 Å². The highest BCUT2D eigenvalue weighted by molar-refractivity contribution is 5.98. The molecule has 3 rings (SSSR count). The van der Waals surface area contributed by atoms with E-state index < -0.39 is 0 Å². The maximum atomic E-state index is 12.0. The quantitative estimate of drug-likeness (QED) is 0.741. The summed E-state index contributed by atoms with van der Waals surface area (Å²) < 4.78 is 2.08. The summed E-state index contributed by atoms with van der Waals surface area (Å²) in [5, 5.41) is 1.17. The molecule has 3 heteroatoms. The van der Waals surface area contributed by atoms with Crippen molar-refractivity contribution >= 4 is 22.5 Å². The first kappa shape index (κ1) is 11.1. The number of nitrogens with zero attached hydrogens (tertiary/aromatic N) is 2. The van der Waals surface area contributed by atoms with Gasteiger partial charge < -0.3 is 9.47 Å². The molecule has 18 heavy (non-hydrogen) atoms. The van der Waals surface area contributed by atoms with Crippen LogP contribution in [0.3, 0.4) is 0 Å². The van der Waals surface area contributed by atoms with Gasteiger partial charge in [-0.25, -0.2) is 0 Å². The molecule has 0 aliphatic carbocycles. The molecule has 0 saturated carbocycles. The summed E-state index contributed by atoms with van der Waals surface area (Å²) in [4.78, 5) is 13.8. The van der Waals surface area contributed by atoms with Crippen LogP contribution < -0.4 is 4.90 Å². The van der Waals surface area contributed by atoms with Crippen LogP contribution in [0, 0.1) is 5.92 Å². The molecule has 0 spiro atoms. The second kappa shape index (κ2) is 4.02. The van der Waals surface area contributed by atoms with Gasteiger partial charge in [-0.1, -0.05) is 6.08 Å². The molecule has 0 bridgehead atoms. The Balaban J connectivity index is 1.99. The first-order chi connectivity index (χ1) is 8.69.